The van der Waals surface area contributed by atoms with E-state index < -0.39 is 0 Å². The average molecular weight is 299 g/mol. The number of aromatic nitrogens is 2. The van der Waals surface area contributed by atoms with Gasteiger partial charge in [0, 0.05) is 24.6 Å². The molecule has 0 radical (unpaired) electrons. The standard InChI is InChI=1S/C17H21N3O2/c1-19-8-3-4-13-15(19)7-9-20-16(13)18-14-10-11(22-2)5-6-12(14)17(20)21/h5-6,10,13,15H,3-4,7-9H2,1-2H3/t13-,15-/m1/s1. The average Bonchev–Trinajstić information content (AvgIpc) is 2.55. The monoisotopic (exact) mass is 299 g/mol. The highest BCUT2D eigenvalue weighted by atomic mass is 16.5. The lowest BCUT2D eigenvalue weighted by molar-refractivity contribution is 0.123. The minimum atomic E-state index is 0.0920. The fraction of sp³-hybridized carbons (Fsp3) is 0.529. The van der Waals surface area contributed by atoms with Crippen molar-refractivity contribution in [1.82, 2.24) is 14.5 Å². The van der Waals surface area contributed by atoms with Gasteiger partial charge < -0.3 is 9.64 Å². The largest absolute Gasteiger partial charge is 0.497 e. The summed E-state index contributed by atoms with van der Waals surface area (Å²) in [7, 11) is 3.83. The van der Waals surface area contributed by atoms with Crippen molar-refractivity contribution in [2.45, 2.75) is 37.8 Å². The molecule has 22 heavy (non-hydrogen) atoms. The van der Waals surface area contributed by atoms with Crippen LogP contribution in [-0.4, -0.2) is 41.2 Å². The summed E-state index contributed by atoms with van der Waals surface area (Å²) in [5, 5.41) is 0.687. The van der Waals surface area contributed by atoms with Gasteiger partial charge in [0.05, 0.1) is 18.0 Å². The summed E-state index contributed by atoms with van der Waals surface area (Å²) in [4.78, 5) is 20.1. The maximum absolute atomic E-state index is 12.8. The van der Waals surface area contributed by atoms with Gasteiger partial charge in [-0.3, -0.25) is 9.36 Å². The van der Waals surface area contributed by atoms with Crippen molar-refractivity contribution < 1.29 is 4.74 Å². The van der Waals surface area contributed by atoms with Crippen molar-refractivity contribution in [3.8, 4) is 5.75 Å². The first-order valence-electron chi connectivity index (χ1n) is 7.98. The number of likely N-dealkylation sites (tertiary alicyclic amines) is 1. The van der Waals surface area contributed by atoms with Crippen LogP contribution in [0.3, 0.4) is 0 Å². The van der Waals surface area contributed by atoms with Crippen molar-refractivity contribution in [2.75, 3.05) is 20.7 Å². The Labute approximate surface area is 129 Å². The predicted octanol–water partition coefficient (Wildman–Crippen LogP) is 1.99. The topological polar surface area (TPSA) is 47.4 Å². The van der Waals surface area contributed by atoms with Crippen LogP contribution in [0, 0.1) is 0 Å². The van der Waals surface area contributed by atoms with Crippen molar-refractivity contribution in [3.63, 3.8) is 0 Å². The molecule has 1 saturated heterocycles. The zero-order valence-electron chi connectivity index (χ0n) is 13.1. The molecule has 2 aromatic rings. The number of ether oxygens (including phenoxy) is 1. The van der Waals surface area contributed by atoms with Crippen molar-refractivity contribution in [3.05, 3.63) is 34.4 Å². The lowest BCUT2D eigenvalue weighted by Crippen LogP contribution is -2.47. The highest BCUT2D eigenvalue weighted by molar-refractivity contribution is 5.79. The Hall–Kier alpha value is -1.88. The molecular weight excluding hydrogens is 278 g/mol. The highest BCUT2D eigenvalue weighted by Gasteiger charge is 2.36. The summed E-state index contributed by atoms with van der Waals surface area (Å²) in [6.45, 7) is 1.92. The van der Waals surface area contributed by atoms with Gasteiger partial charge in [-0.15, -0.1) is 0 Å². The Morgan fingerprint density at radius 2 is 2.14 bits per heavy atom. The molecule has 0 saturated carbocycles. The number of hydrogen-bond donors (Lipinski definition) is 0. The van der Waals surface area contributed by atoms with Crippen LogP contribution in [0.15, 0.2) is 23.0 Å². The third kappa shape index (κ3) is 1.96. The Morgan fingerprint density at radius 1 is 1.27 bits per heavy atom. The molecule has 2 aliphatic heterocycles. The molecule has 2 aliphatic rings. The summed E-state index contributed by atoms with van der Waals surface area (Å²) in [5.41, 5.74) is 0.846. The molecule has 2 atom stereocenters. The number of likely N-dealkylation sites (N-methyl/N-ethyl adjacent to an activating group) is 1. The Morgan fingerprint density at radius 3 is 2.95 bits per heavy atom. The first-order valence-corrected chi connectivity index (χ1v) is 7.98. The first-order chi connectivity index (χ1) is 10.7. The molecule has 3 heterocycles. The third-order valence-corrected chi connectivity index (χ3v) is 5.23. The van der Waals surface area contributed by atoms with Gasteiger partial charge in [0.2, 0.25) is 0 Å². The molecular formula is C17H21N3O2. The zero-order chi connectivity index (χ0) is 15.3. The molecule has 1 fully saturated rings. The van der Waals surface area contributed by atoms with Crippen LogP contribution in [0.2, 0.25) is 0 Å². The second-order valence-corrected chi connectivity index (χ2v) is 6.40. The molecule has 0 aliphatic carbocycles. The summed E-state index contributed by atoms with van der Waals surface area (Å²) in [6, 6.07) is 6.05. The van der Waals surface area contributed by atoms with Gasteiger partial charge in [0.15, 0.2) is 0 Å². The number of fused-ring (bicyclic) bond motifs is 4. The quantitative estimate of drug-likeness (QED) is 0.808. The molecule has 5 heteroatoms. The van der Waals surface area contributed by atoms with Gasteiger partial charge in [0.1, 0.15) is 11.6 Å². The third-order valence-electron chi connectivity index (χ3n) is 5.23. The van der Waals surface area contributed by atoms with E-state index in [1.54, 1.807) is 7.11 Å². The molecule has 0 N–H and O–H groups in total. The van der Waals surface area contributed by atoms with E-state index in [4.69, 9.17) is 9.72 Å². The van der Waals surface area contributed by atoms with E-state index in [9.17, 15) is 4.79 Å². The fourth-order valence-corrected chi connectivity index (χ4v) is 4.05. The molecule has 0 spiro atoms. The van der Waals surface area contributed by atoms with Crippen LogP contribution in [-0.2, 0) is 6.54 Å². The van der Waals surface area contributed by atoms with E-state index in [1.807, 2.05) is 22.8 Å². The Balaban J connectivity index is 1.92. The van der Waals surface area contributed by atoms with E-state index in [-0.39, 0.29) is 5.56 Å². The summed E-state index contributed by atoms with van der Waals surface area (Å²) >= 11 is 0. The molecule has 5 nitrogen and oxygen atoms in total. The highest BCUT2D eigenvalue weighted by Crippen LogP contribution is 2.36. The Bertz CT molecular complexity index is 783. The van der Waals surface area contributed by atoms with Crippen LogP contribution >= 0.6 is 0 Å². The lowest BCUT2D eigenvalue weighted by Gasteiger charge is -2.42. The van der Waals surface area contributed by atoms with Crippen molar-refractivity contribution >= 4 is 10.9 Å². The number of benzene rings is 1. The van der Waals surface area contributed by atoms with Crippen molar-refractivity contribution in [1.29, 1.82) is 0 Å². The number of piperidine rings is 1. The molecule has 0 bridgehead atoms. The first kappa shape index (κ1) is 13.8. The predicted molar refractivity (Wildman–Crippen MR) is 85.6 cm³/mol. The van der Waals surface area contributed by atoms with E-state index in [1.165, 1.54) is 6.42 Å². The van der Waals surface area contributed by atoms with Crippen molar-refractivity contribution in [2.24, 2.45) is 0 Å². The maximum Gasteiger partial charge on any atom is 0.261 e. The number of methoxy groups -OCH3 is 1. The van der Waals surface area contributed by atoms with E-state index in [2.05, 4.69) is 11.9 Å². The van der Waals surface area contributed by atoms with Crippen LogP contribution in [0.25, 0.3) is 10.9 Å². The SMILES string of the molecule is COc1ccc2c(=O)n3c(nc2c1)[C@@H]1CCCN(C)[C@@H]1CC3. The van der Waals surface area contributed by atoms with E-state index in [0.29, 0.717) is 17.3 Å². The molecule has 116 valence electrons. The van der Waals surface area contributed by atoms with E-state index in [0.717, 1.165) is 43.0 Å². The molecule has 1 aromatic carbocycles. The maximum atomic E-state index is 12.8. The second kappa shape index (κ2) is 5.09. The summed E-state index contributed by atoms with van der Waals surface area (Å²) < 4.78 is 7.17. The molecule has 0 unspecified atom stereocenters. The van der Waals surface area contributed by atoms with Crippen LogP contribution in [0.1, 0.15) is 31.0 Å². The minimum absolute atomic E-state index is 0.0920. The van der Waals surface area contributed by atoms with E-state index >= 15 is 0 Å². The normalized spacial score (nSPS) is 24.8. The minimum Gasteiger partial charge on any atom is -0.497 e. The van der Waals surface area contributed by atoms with Gasteiger partial charge in [0.25, 0.3) is 5.56 Å². The van der Waals surface area contributed by atoms with Crippen LogP contribution in [0.4, 0.5) is 0 Å². The smallest absolute Gasteiger partial charge is 0.261 e. The number of rotatable bonds is 1. The zero-order valence-corrected chi connectivity index (χ0v) is 13.1. The molecule has 4 rings (SSSR count). The van der Waals surface area contributed by atoms with Crippen LogP contribution < -0.4 is 10.3 Å². The van der Waals surface area contributed by atoms with Gasteiger partial charge in [-0.1, -0.05) is 0 Å². The Kier molecular flexibility index (Phi) is 3.18. The lowest BCUT2D eigenvalue weighted by atomic mass is 9.84. The summed E-state index contributed by atoms with van der Waals surface area (Å²) in [5.74, 6) is 2.09. The van der Waals surface area contributed by atoms with Crippen LogP contribution in [0.5, 0.6) is 5.75 Å². The number of hydrogen-bond acceptors (Lipinski definition) is 4. The number of nitrogens with zero attached hydrogens (tertiary/aromatic N) is 3. The molecule has 0 amide bonds. The van der Waals surface area contributed by atoms with Gasteiger partial charge >= 0.3 is 0 Å². The fourth-order valence-electron chi connectivity index (χ4n) is 4.05. The van der Waals surface area contributed by atoms with Gasteiger partial charge in [-0.25, -0.2) is 4.98 Å². The molecule has 1 aromatic heterocycles. The van der Waals surface area contributed by atoms with Gasteiger partial charge in [-0.05, 0) is 45.0 Å². The summed E-state index contributed by atoms with van der Waals surface area (Å²) in [6.07, 6.45) is 3.33. The van der Waals surface area contributed by atoms with Gasteiger partial charge in [-0.2, -0.15) is 0 Å². The second-order valence-electron chi connectivity index (χ2n) is 6.40.